The van der Waals surface area contributed by atoms with Gasteiger partial charge in [0.1, 0.15) is 0 Å². The summed E-state index contributed by atoms with van der Waals surface area (Å²) in [5.41, 5.74) is 1.29. The van der Waals surface area contributed by atoms with E-state index in [0.29, 0.717) is 16.4 Å². The van der Waals surface area contributed by atoms with Gasteiger partial charge in [-0.05, 0) is 86.9 Å². The monoisotopic (exact) mass is 304 g/mol. The molecule has 22 heavy (non-hydrogen) atoms. The molecule has 5 aliphatic rings. The minimum Gasteiger partial charge on any atom is -0.393 e. The van der Waals surface area contributed by atoms with Crippen molar-refractivity contribution in [1.29, 1.82) is 0 Å². The van der Waals surface area contributed by atoms with Crippen molar-refractivity contribution in [3.63, 3.8) is 0 Å². The molecule has 1 N–H and O–H groups in total. The Morgan fingerprint density at radius 1 is 0.909 bits per heavy atom. The number of fused-ring (bicyclic) bond motifs is 6. The highest BCUT2D eigenvalue weighted by Gasteiger charge is 2.69. The van der Waals surface area contributed by atoms with Gasteiger partial charge in [0.05, 0.1) is 18.3 Å². The van der Waals surface area contributed by atoms with Crippen molar-refractivity contribution in [3.8, 4) is 0 Å². The molecule has 124 valence electrons. The summed E-state index contributed by atoms with van der Waals surface area (Å²) in [7, 11) is 0. The lowest BCUT2D eigenvalue weighted by Gasteiger charge is -2.60. The van der Waals surface area contributed by atoms with Crippen molar-refractivity contribution in [2.45, 2.75) is 83.3 Å². The zero-order valence-corrected chi connectivity index (χ0v) is 14.3. The van der Waals surface area contributed by atoms with Gasteiger partial charge in [0.25, 0.3) is 0 Å². The molecule has 0 aromatic heterocycles. The Hall–Kier alpha value is -0.0800. The molecule has 1 heterocycles. The molecule has 5 rings (SSSR count). The molecule has 0 aromatic carbocycles. The lowest BCUT2D eigenvalue weighted by Crippen LogP contribution is -2.54. The molecule has 4 aliphatic carbocycles. The summed E-state index contributed by atoms with van der Waals surface area (Å²) < 4.78 is 6.02. The molecule has 0 amide bonds. The van der Waals surface area contributed by atoms with Crippen LogP contribution in [0.2, 0.25) is 0 Å². The Balaban J connectivity index is 1.46. The van der Waals surface area contributed by atoms with E-state index >= 15 is 0 Å². The van der Waals surface area contributed by atoms with Gasteiger partial charge >= 0.3 is 0 Å². The van der Waals surface area contributed by atoms with Gasteiger partial charge in [-0.25, -0.2) is 0 Å². The third kappa shape index (κ3) is 1.59. The first-order valence-electron chi connectivity index (χ1n) is 9.81. The summed E-state index contributed by atoms with van der Waals surface area (Å²) in [6.07, 6.45) is 11.7. The maximum atomic E-state index is 10.1. The normalized spacial score (nSPS) is 63.1. The zero-order valence-electron chi connectivity index (χ0n) is 14.3. The molecular formula is C20H32O2. The fourth-order valence-electron chi connectivity index (χ4n) is 7.89. The zero-order chi connectivity index (χ0) is 15.2. The summed E-state index contributed by atoms with van der Waals surface area (Å²) in [6, 6.07) is 0. The highest BCUT2D eigenvalue weighted by atomic mass is 16.6. The summed E-state index contributed by atoms with van der Waals surface area (Å²) in [6.45, 7) is 6.19. The Morgan fingerprint density at radius 2 is 1.68 bits per heavy atom. The standard InChI is InChI=1S/C20H32O2/c1-18-8-5-14(21)11-13(18)3-4-15-16(18)6-9-19(2)17(15)7-10-20(19)12-22-20/h13-17,21H,3-12H2,1-2H3/t13-,14+,15+,16-,17-,18-,19-,20+/m1/s1. The van der Waals surface area contributed by atoms with E-state index in [1.165, 1.54) is 44.9 Å². The van der Waals surface area contributed by atoms with Gasteiger partial charge in [-0.2, -0.15) is 0 Å². The lowest BCUT2D eigenvalue weighted by molar-refractivity contribution is -0.128. The van der Waals surface area contributed by atoms with Crippen LogP contribution in [0, 0.1) is 34.5 Å². The van der Waals surface area contributed by atoms with E-state index in [2.05, 4.69) is 13.8 Å². The van der Waals surface area contributed by atoms with Crippen molar-refractivity contribution in [2.24, 2.45) is 34.5 Å². The minimum atomic E-state index is -0.0157. The molecule has 4 saturated carbocycles. The third-order valence-corrected chi connectivity index (χ3v) is 9.42. The van der Waals surface area contributed by atoms with E-state index in [9.17, 15) is 5.11 Å². The average Bonchev–Trinajstić information content (AvgIpc) is 3.22. The number of aliphatic hydroxyl groups excluding tert-OH is 1. The van der Waals surface area contributed by atoms with Gasteiger partial charge in [-0.3, -0.25) is 0 Å². The van der Waals surface area contributed by atoms with Crippen LogP contribution in [0.5, 0.6) is 0 Å². The molecule has 1 aliphatic heterocycles. The first-order valence-corrected chi connectivity index (χ1v) is 9.81. The van der Waals surface area contributed by atoms with E-state index in [4.69, 9.17) is 4.74 Å². The Bertz CT molecular complexity index is 484. The fraction of sp³-hybridized carbons (Fsp3) is 1.00. The molecular weight excluding hydrogens is 272 g/mol. The first kappa shape index (κ1) is 14.3. The number of hydrogen-bond donors (Lipinski definition) is 1. The number of aliphatic hydroxyl groups is 1. The Morgan fingerprint density at radius 3 is 2.45 bits per heavy atom. The predicted molar refractivity (Wildman–Crippen MR) is 86.4 cm³/mol. The van der Waals surface area contributed by atoms with Gasteiger partial charge < -0.3 is 9.84 Å². The van der Waals surface area contributed by atoms with Crippen molar-refractivity contribution in [2.75, 3.05) is 6.61 Å². The number of rotatable bonds is 0. The highest BCUT2D eigenvalue weighted by Crippen LogP contribution is 2.71. The third-order valence-electron chi connectivity index (χ3n) is 9.42. The van der Waals surface area contributed by atoms with E-state index in [1.54, 1.807) is 0 Å². The van der Waals surface area contributed by atoms with E-state index in [1.807, 2.05) is 0 Å². The van der Waals surface area contributed by atoms with Crippen molar-refractivity contribution in [3.05, 3.63) is 0 Å². The largest absolute Gasteiger partial charge is 0.393 e. The molecule has 0 aromatic rings. The van der Waals surface area contributed by atoms with Crippen LogP contribution >= 0.6 is 0 Å². The average molecular weight is 304 g/mol. The summed E-state index contributed by atoms with van der Waals surface area (Å²) in [5.74, 6) is 3.57. The quantitative estimate of drug-likeness (QED) is 0.682. The predicted octanol–water partition coefficient (Wildman–Crippen LogP) is 4.16. The second kappa shape index (κ2) is 4.30. The topological polar surface area (TPSA) is 32.8 Å². The van der Waals surface area contributed by atoms with Crippen LogP contribution in [0.3, 0.4) is 0 Å². The van der Waals surface area contributed by atoms with Gasteiger partial charge in [-0.1, -0.05) is 13.8 Å². The van der Waals surface area contributed by atoms with Gasteiger partial charge in [0.2, 0.25) is 0 Å². The second-order valence-corrected chi connectivity index (χ2v) is 9.86. The Kier molecular flexibility index (Phi) is 2.79. The molecule has 0 radical (unpaired) electrons. The Labute approximate surface area is 135 Å². The minimum absolute atomic E-state index is 0.0157. The smallest absolute Gasteiger partial charge is 0.0972 e. The van der Waals surface area contributed by atoms with Crippen LogP contribution in [-0.2, 0) is 4.74 Å². The van der Waals surface area contributed by atoms with Gasteiger partial charge in [-0.15, -0.1) is 0 Å². The first-order chi connectivity index (χ1) is 10.5. The SMILES string of the molecule is C[C@@]12CC[C@H](O)C[C@H]1CC[C@H]1[C@H]2CC[C@]2(C)[C@@H]1CC[C@]21CO1. The molecule has 2 nitrogen and oxygen atoms in total. The summed E-state index contributed by atoms with van der Waals surface area (Å²) >= 11 is 0. The lowest BCUT2D eigenvalue weighted by atomic mass is 9.44. The maximum Gasteiger partial charge on any atom is 0.0972 e. The van der Waals surface area contributed by atoms with Crippen LogP contribution in [0.25, 0.3) is 0 Å². The molecule has 8 atom stereocenters. The molecule has 0 bridgehead atoms. The number of hydrogen-bond acceptors (Lipinski definition) is 2. The van der Waals surface area contributed by atoms with Crippen LogP contribution in [0.15, 0.2) is 0 Å². The van der Waals surface area contributed by atoms with Crippen LogP contribution < -0.4 is 0 Å². The van der Waals surface area contributed by atoms with Crippen LogP contribution in [0.1, 0.15) is 71.6 Å². The highest BCUT2D eigenvalue weighted by molar-refractivity contribution is 5.18. The maximum absolute atomic E-state index is 10.1. The molecule has 1 saturated heterocycles. The summed E-state index contributed by atoms with van der Waals surface area (Å²) in [4.78, 5) is 0. The van der Waals surface area contributed by atoms with Crippen molar-refractivity contribution >= 4 is 0 Å². The van der Waals surface area contributed by atoms with E-state index in [-0.39, 0.29) is 6.10 Å². The molecule has 2 heteroatoms. The molecule has 5 fully saturated rings. The van der Waals surface area contributed by atoms with Crippen LogP contribution in [-0.4, -0.2) is 23.4 Å². The van der Waals surface area contributed by atoms with Crippen molar-refractivity contribution < 1.29 is 9.84 Å². The van der Waals surface area contributed by atoms with E-state index in [0.717, 1.165) is 43.1 Å². The number of ether oxygens (including phenoxy) is 1. The van der Waals surface area contributed by atoms with E-state index < -0.39 is 0 Å². The van der Waals surface area contributed by atoms with Gasteiger partial charge in [0, 0.05) is 5.41 Å². The fourth-order valence-corrected chi connectivity index (χ4v) is 7.89. The second-order valence-electron chi connectivity index (χ2n) is 9.86. The molecule has 0 unspecified atom stereocenters. The number of epoxide rings is 1. The van der Waals surface area contributed by atoms with Crippen LogP contribution in [0.4, 0.5) is 0 Å². The molecule has 1 spiro atoms. The van der Waals surface area contributed by atoms with Gasteiger partial charge in [0.15, 0.2) is 0 Å². The van der Waals surface area contributed by atoms with Crippen molar-refractivity contribution in [1.82, 2.24) is 0 Å². The summed E-state index contributed by atoms with van der Waals surface area (Å²) in [5, 5.41) is 10.1.